The summed E-state index contributed by atoms with van der Waals surface area (Å²) in [7, 11) is 2.09. The number of piperazine rings is 1. The Kier molecular flexibility index (Phi) is 3.47. The topological polar surface area (TPSA) is 62.1 Å². The first-order chi connectivity index (χ1) is 10.1. The molecule has 0 bridgehead atoms. The van der Waals surface area contributed by atoms with Gasteiger partial charge >= 0.3 is 0 Å². The largest absolute Gasteiger partial charge is 0.334 e. The van der Waals surface area contributed by atoms with Crippen LogP contribution in [0.3, 0.4) is 0 Å². The summed E-state index contributed by atoms with van der Waals surface area (Å²) in [5, 5.41) is 0. The molecule has 0 spiro atoms. The molecule has 0 atom stereocenters. The lowest BCUT2D eigenvalue weighted by Crippen LogP contribution is -3.12. The number of imide groups is 1. The summed E-state index contributed by atoms with van der Waals surface area (Å²) in [4.78, 5) is 40.9. The Morgan fingerprint density at radius 2 is 1.62 bits per heavy atom. The summed E-state index contributed by atoms with van der Waals surface area (Å²) >= 11 is 0. The van der Waals surface area contributed by atoms with Crippen molar-refractivity contribution in [3.8, 4) is 0 Å². The quantitative estimate of drug-likeness (QED) is 0.684. The highest BCUT2D eigenvalue weighted by molar-refractivity contribution is 6.22. The van der Waals surface area contributed by atoms with E-state index in [1.54, 1.807) is 29.2 Å². The molecule has 0 aromatic heterocycles. The van der Waals surface area contributed by atoms with Gasteiger partial charge in [-0.2, -0.15) is 0 Å². The number of carbonyl (C=O) groups is 3. The summed E-state index contributed by atoms with van der Waals surface area (Å²) < 4.78 is 0. The lowest BCUT2D eigenvalue weighted by atomic mass is 10.1. The van der Waals surface area contributed by atoms with Crippen molar-refractivity contribution in [3.63, 3.8) is 0 Å². The van der Waals surface area contributed by atoms with Gasteiger partial charge in [-0.05, 0) is 12.1 Å². The van der Waals surface area contributed by atoms with Crippen LogP contribution in [0.1, 0.15) is 20.7 Å². The highest BCUT2D eigenvalue weighted by Crippen LogP contribution is 2.22. The van der Waals surface area contributed by atoms with Crippen molar-refractivity contribution in [2.75, 3.05) is 39.8 Å². The fourth-order valence-corrected chi connectivity index (χ4v) is 2.76. The van der Waals surface area contributed by atoms with Gasteiger partial charge in [0.1, 0.15) is 6.54 Å². The molecule has 3 rings (SSSR count). The third-order valence-corrected chi connectivity index (χ3v) is 4.14. The van der Waals surface area contributed by atoms with Gasteiger partial charge in [0.25, 0.3) is 11.8 Å². The van der Waals surface area contributed by atoms with Crippen LogP contribution in [0.5, 0.6) is 0 Å². The van der Waals surface area contributed by atoms with Crippen LogP contribution >= 0.6 is 0 Å². The molecule has 21 heavy (non-hydrogen) atoms. The third-order valence-electron chi connectivity index (χ3n) is 4.14. The normalized spacial score (nSPS) is 19.1. The summed E-state index contributed by atoms with van der Waals surface area (Å²) in [5.41, 5.74) is 0.774. The van der Waals surface area contributed by atoms with Gasteiger partial charge in [0.2, 0.25) is 5.91 Å². The van der Waals surface area contributed by atoms with Crippen molar-refractivity contribution < 1.29 is 19.3 Å². The van der Waals surface area contributed by atoms with E-state index >= 15 is 0 Å². The zero-order chi connectivity index (χ0) is 15.0. The predicted octanol–water partition coefficient (Wildman–Crippen LogP) is -1.36. The standard InChI is InChI=1S/C15H17N3O3/c1-16-6-8-17(9-7-16)13(19)10-18-14(20)11-4-2-3-5-12(11)15(18)21/h2-5H,6-10H2,1H3/p+1. The second-order valence-corrected chi connectivity index (χ2v) is 5.58. The van der Waals surface area contributed by atoms with Gasteiger partial charge in [0.05, 0.1) is 44.4 Å². The van der Waals surface area contributed by atoms with E-state index in [4.69, 9.17) is 0 Å². The number of rotatable bonds is 2. The van der Waals surface area contributed by atoms with Crippen LogP contribution in [-0.4, -0.2) is 67.3 Å². The molecule has 1 aromatic carbocycles. The Morgan fingerprint density at radius 3 is 2.14 bits per heavy atom. The van der Waals surface area contributed by atoms with Gasteiger partial charge in [-0.15, -0.1) is 0 Å². The van der Waals surface area contributed by atoms with Crippen LogP contribution in [0.15, 0.2) is 24.3 Å². The number of likely N-dealkylation sites (N-methyl/N-ethyl adjacent to an activating group) is 1. The zero-order valence-corrected chi connectivity index (χ0v) is 12.0. The molecular formula is C15H18N3O3+. The second kappa shape index (κ2) is 5.29. The average Bonchev–Trinajstić information content (AvgIpc) is 2.73. The van der Waals surface area contributed by atoms with Gasteiger partial charge in [-0.25, -0.2) is 0 Å². The van der Waals surface area contributed by atoms with E-state index in [1.165, 1.54) is 4.90 Å². The van der Waals surface area contributed by atoms with Crippen molar-refractivity contribution in [2.45, 2.75) is 0 Å². The number of carbonyl (C=O) groups excluding carboxylic acids is 3. The molecule has 2 aliphatic rings. The minimum atomic E-state index is -0.372. The minimum absolute atomic E-state index is 0.156. The van der Waals surface area contributed by atoms with Crippen LogP contribution < -0.4 is 4.90 Å². The maximum atomic E-state index is 12.3. The van der Waals surface area contributed by atoms with Crippen LogP contribution in [0.25, 0.3) is 0 Å². The molecular weight excluding hydrogens is 270 g/mol. The zero-order valence-electron chi connectivity index (χ0n) is 12.0. The number of nitrogens with zero attached hydrogens (tertiary/aromatic N) is 2. The molecule has 6 heteroatoms. The number of amides is 3. The Labute approximate surface area is 122 Å². The first-order valence-electron chi connectivity index (χ1n) is 7.12. The molecule has 1 saturated heterocycles. The van der Waals surface area contributed by atoms with Crippen LogP contribution in [0.2, 0.25) is 0 Å². The van der Waals surface area contributed by atoms with Crippen molar-refractivity contribution >= 4 is 17.7 Å². The van der Waals surface area contributed by atoms with Gasteiger partial charge in [0, 0.05) is 0 Å². The minimum Gasteiger partial charge on any atom is -0.334 e. The van der Waals surface area contributed by atoms with Crippen LogP contribution in [-0.2, 0) is 4.79 Å². The number of quaternary nitrogens is 1. The van der Waals surface area contributed by atoms with Crippen LogP contribution in [0.4, 0.5) is 0 Å². The van der Waals surface area contributed by atoms with E-state index in [0.717, 1.165) is 18.0 Å². The molecule has 0 aliphatic carbocycles. The van der Waals surface area contributed by atoms with Crippen molar-refractivity contribution in [1.29, 1.82) is 0 Å². The van der Waals surface area contributed by atoms with Crippen molar-refractivity contribution in [1.82, 2.24) is 9.80 Å². The molecule has 1 N–H and O–H groups in total. The lowest BCUT2D eigenvalue weighted by Gasteiger charge is -2.30. The van der Waals surface area contributed by atoms with E-state index in [9.17, 15) is 14.4 Å². The first kappa shape index (κ1) is 13.8. The Balaban J connectivity index is 1.70. The summed E-state index contributed by atoms with van der Waals surface area (Å²) in [6.45, 7) is 2.98. The fourth-order valence-electron chi connectivity index (χ4n) is 2.76. The maximum absolute atomic E-state index is 12.3. The number of hydrogen-bond donors (Lipinski definition) is 1. The summed E-state index contributed by atoms with van der Waals surface area (Å²) in [6.07, 6.45) is 0. The molecule has 110 valence electrons. The molecule has 0 radical (unpaired) electrons. The molecule has 2 aliphatic heterocycles. The van der Waals surface area contributed by atoms with Gasteiger partial charge in [0.15, 0.2) is 0 Å². The summed E-state index contributed by atoms with van der Waals surface area (Å²) in [6, 6.07) is 6.69. The van der Waals surface area contributed by atoms with Gasteiger partial charge < -0.3 is 9.80 Å². The monoisotopic (exact) mass is 288 g/mol. The highest BCUT2D eigenvalue weighted by atomic mass is 16.2. The van der Waals surface area contributed by atoms with E-state index in [0.29, 0.717) is 24.2 Å². The predicted molar refractivity (Wildman–Crippen MR) is 75.0 cm³/mol. The smallest absolute Gasteiger partial charge is 0.262 e. The average molecular weight is 288 g/mol. The number of benzene rings is 1. The van der Waals surface area contributed by atoms with Crippen LogP contribution in [0, 0.1) is 0 Å². The maximum Gasteiger partial charge on any atom is 0.262 e. The first-order valence-corrected chi connectivity index (χ1v) is 7.12. The van der Waals surface area contributed by atoms with Gasteiger partial charge in [-0.3, -0.25) is 19.3 Å². The molecule has 0 unspecified atom stereocenters. The Morgan fingerprint density at radius 1 is 1.10 bits per heavy atom. The second-order valence-electron chi connectivity index (χ2n) is 5.58. The van der Waals surface area contributed by atoms with Gasteiger partial charge in [-0.1, -0.05) is 12.1 Å². The van der Waals surface area contributed by atoms with Crippen molar-refractivity contribution in [2.24, 2.45) is 0 Å². The number of hydrogen-bond acceptors (Lipinski definition) is 3. The SMILES string of the molecule is C[NH+]1CCN(C(=O)CN2C(=O)c3ccccc3C2=O)CC1. The fraction of sp³-hybridized carbons (Fsp3) is 0.400. The molecule has 1 fully saturated rings. The highest BCUT2D eigenvalue weighted by Gasteiger charge is 2.37. The Hall–Kier alpha value is -2.21. The molecule has 1 aromatic rings. The molecule has 0 saturated carbocycles. The van der Waals surface area contributed by atoms with E-state index in [-0.39, 0.29) is 24.3 Å². The third kappa shape index (κ3) is 2.42. The van der Waals surface area contributed by atoms with E-state index < -0.39 is 0 Å². The molecule has 3 amide bonds. The Bertz CT molecular complexity index is 571. The summed E-state index contributed by atoms with van der Waals surface area (Å²) in [5.74, 6) is -0.899. The van der Waals surface area contributed by atoms with E-state index in [1.807, 2.05) is 0 Å². The number of fused-ring (bicyclic) bond motifs is 1. The van der Waals surface area contributed by atoms with E-state index in [2.05, 4.69) is 7.05 Å². The number of nitrogens with one attached hydrogen (secondary N) is 1. The molecule has 2 heterocycles. The van der Waals surface area contributed by atoms with Crippen molar-refractivity contribution in [3.05, 3.63) is 35.4 Å². The molecule has 6 nitrogen and oxygen atoms in total. The lowest BCUT2D eigenvalue weighted by molar-refractivity contribution is -0.883.